The van der Waals surface area contributed by atoms with Crippen molar-refractivity contribution in [3.63, 3.8) is 0 Å². The molecule has 0 spiro atoms. The Balaban J connectivity index is 1.93. The molecule has 0 saturated carbocycles. The van der Waals surface area contributed by atoms with E-state index >= 15 is 0 Å². The first-order valence-electron chi connectivity index (χ1n) is 7.15. The smallest absolute Gasteiger partial charge is 0.264 e. The first-order valence-corrected chi connectivity index (χ1v) is 7.97. The molecule has 0 saturated heterocycles. The van der Waals surface area contributed by atoms with Crippen LogP contribution in [0.4, 0.5) is 5.69 Å². The van der Waals surface area contributed by atoms with Gasteiger partial charge in [0.2, 0.25) is 5.91 Å². The minimum absolute atomic E-state index is 0.0249. The normalized spacial score (nSPS) is 21.3. The molecule has 2 amide bonds. The fourth-order valence-corrected chi connectivity index (χ4v) is 4.11. The number of carbonyl (C=O) groups is 2. The molecule has 0 radical (unpaired) electrons. The molecule has 4 rings (SSSR count). The third-order valence-corrected chi connectivity index (χ3v) is 5.27. The molecule has 3 heterocycles. The summed E-state index contributed by atoms with van der Waals surface area (Å²) >= 11 is 1.36. The van der Waals surface area contributed by atoms with Crippen LogP contribution in [0.15, 0.2) is 6.07 Å². The van der Waals surface area contributed by atoms with Gasteiger partial charge in [0, 0.05) is 11.1 Å². The van der Waals surface area contributed by atoms with Crippen LogP contribution in [0.2, 0.25) is 0 Å². The molecule has 1 aliphatic heterocycles. The molecule has 1 atom stereocenters. The number of aryl methyl sites for hydroxylation is 1. The minimum Gasteiger partial charge on any atom is -0.342 e. The predicted molar refractivity (Wildman–Crippen MR) is 81.8 cm³/mol. The number of amides is 2. The maximum Gasteiger partial charge on any atom is 0.264 e. The molecule has 2 N–H and O–H groups in total. The highest BCUT2D eigenvalue weighted by Crippen LogP contribution is 2.38. The Kier molecular flexibility index (Phi) is 2.75. The van der Waals surface area contributed by atoms with E-state index in [1.807, 2.05) is 0 Å². The number of rotatable bonds is 0. The number of nitrogens with zero attached hydrogens (tertiary/aromatic N) is 1. The lowest BCUT2D eigenvalue weighted by Gasteiger charge is -2.20. The quantitative estimate of drug-likeness (QED) is 0.783. The van der Waals surface area contributed by atoms with E-state index in [-0.39, 0.29) is 18.4 Å². The molecule has 108 valence electrons. The van der Waals surface area contributed by atoms with Gasteiger partial charge in [0.25, 0.3) is 5.91 Å². The molecule has 5 nitrogen and oxygen atoms in total. The summed E-state index contributed by atoms with van der Waals surface area (Å²) in [5.74, 6) is 0.275. The maximum atomic E-state index is 12.1. The van der Waals surface area contributed by atoms with Crippen molar-refractivity contribution < 1.29 is 9.59 Å². The lowest BCUT2D eigenvalue weighted by molar-refractivity contribution is -0.115. The molecule has 1 unspecified atom stereocenters. The zero-order valence-electron chi connectivity index (χ0n) is 11.7. The zero-order chi connectivity index (χ0) is 14.6. The molecule has 2 aliphatic rings. The number of fused-ring (bicyclic) bond motifs is 4. The second kappa shape index (κ2) is 4.53. The van der Waals surface area contributed by atoms with Crippen LogP contribution in [0, 0.1) is 5.92 Å². The summed E-state index contributed by atoms with van der Waals surface area (Å²) in [6.07, 6.45) is 3.17. The van der Waals surface area contributed by atoms with Gasteiger partial charge >= 0.3 is 0 Å². The van der Waals surface area contributed by atoms with Crippen LogP contribution in [0.25, 0.3) is 10.2 Å². The second-order valence-corrected chi connectivity index (χ2v) is 6.83. The maximum absolute atomic E-state index is 12.1. The van der Waals surface area contributed by atoms with Crippen molar-refractivity contribution in [1.29, 1.82) is 0 Å². The predicted octanol–water partition coefficient (Wildman–Crippen LogP) is 2.10. The highest BCUT2D eigenvalue weighted by Gasteiger charge is 2.26. The first-order chi connectivity index (χ1) is 10.1. The average Bonchev–Trinajstić information content (AvgIpc) is 2.73. The number of hydrogen-bond acceptors (Lipinski definition) is 4. The van der Waals surface area contributed by atoms with Gasteiger partial charge in [0.1, 0.15) is 9.71 Å². The monoisotopic (exact) mass is 301 g/mol. The Morgan fingerprint density at radius 3 is 3.10 bits per heavy atom. The van der Waals surface area contributed by atoms with Crippen molar-refractivity contribution in [2.75, 3.05) is 11.9 Å². The highest BCUT2D eigenvalue weighted by atomic mass is 32.1. The van der Waals surface area contributed by atoms with E-state index in [0.29, 0.717) is 16.5 Å². The van der Waals surface area contributed by atoms with Crippen LogP contribution in [0.1, 0.15) is 34.3 Å². The summed E-state index contributed by atoms with van der Waals surface area (Å²) in [5.41, 5.74) is 3.02. The molecule has 2 aromatic heterocycles. The van der Waals surface area contributed by atoms with E-state index in [1.165, 1.54) is 16.9 Å². The summed E-state index contributed by atoms with van der Waals surface area (Å²) in [7, 11) is 0. The van der Waals surface area contributed by atoms with E-state index in [9.17, 15) is 9.59 Å². The topological polar surface area (TPSA) is 71.1 Å². The van der Waals surface area contributed by atoms with Gasteiger partial charge in [-0.25, -0.2) is 4.98 Å². The third-order valence-electron chi connectivity index (χ3n) is 4.17. The molecule has 0 fully saturated rings. The molecular formula is C15H15N3O2S. The van der Waals surface area contributed by atoms with Gasteiger partial charge in [-0.2, -0.15) is 0 Å². The van der Waals surface area contributed by atoms with Gasteiger partial charge in [-0.1, -0.05) is 6.92 Å². The van der Waals surface area contributed by atoms with Gasteiger partial charge < -0.3 is 10.6 Å². The Morgan fingerprint density at radius 2 is 2.24 bits per heavy atom. The minimum atomic E-state index is -0.197. The molecular weight excluding hydrogens is 286 g/mol. The Morgan fingerprint density at radius 1 is 1.38 bits per heavy atom. The average molecular weight is 301 g/mol. The number of thiophene rings is 1. The second-order valence-electron chi connectivity index (χ2n) is 5.83. The standard InChI is InChI=1S/C15H15N3O2S/c1-7-2-3-10-8(4-7)5-9-12-13(21-15(9)17-10)14(20)16-6-11(19)18-12/h5,7H,2-4,6H2,1H3,(H,16,20)(H,18,19). The van der Waals surface area contributed by atoms with Crippen LogP contribution in [-0.2, 0) is 17.6 Å². The van der Waals surface area contributed by atoms with E-state index in [0.717, 1.165) is 35.2 Å². The molecule has 6 heteroatoms. The lowest BCUT2D eigenvalue weighted by Crippen LogP contribution is -2.28. The van der Waals surface area contributed by atoms with Crippen LogP contribution in [0.5, 0.6) is 0 Å². The van der Waals surface area contributed by atoms with Crippen molar-refractivity contribution >= 4 is 39.1 Å². The van der Waals surface area contributed by atoms with Crippen LogP contribution in [-0.4, -0.2) is 23.3 Å². The number of hydrogen-bond donors (Lipinski definition) is 2. The Bertz CT molecular complexity index is 781. The fraction of sp³-hybridized carbons (Fsp3) is 0.400. The van der Waals surface area contributed by atoms with E-state index in [4.69, 9.17) is 4.98 Å². The Labute approximate surface area is 125 Å². The van der Waals surface area contributed by atoms with E-state index in [2.05, 4.69) is 23.6 Å². The number of carbonyl (C=O) groups excluding carboxylic acids is 2. The Hall–Kier alpha value is -1.95. The fourth-order valence-electron chi connectivity index (χ4n) is 3.06. The largest absolute Gasteiger partial charge is 0.342 e. The van der Waals surface area contributed by atoms with Gasteiger partial charge in [-0.15, -0.1) is 11.3 Å². The van der Waals surface area contributed by atoms with Gasteiger partial charge in [0.15, 0.2) is 0 Å². The van der Waals surface area contributed by atoms with Crippen molar-refractivity contribution in [1.82, 2.24) is 10.3 Å². The summed E-state index contributed by atoms with van der Waals surface area (Å²) < 4.78 is 0. The molecule has 1 aliphatic carbocycles. The van der Waals surface area contributed by atoms with Crippen molar-refractivity contribution in [3.05, 3.63) is 22.2 Å². The van der Waals surface area contributed by atoms with E-state index in [1.54, 1.807) is 0 Å². The third kappa shape index (κ3) is 2.01. The lowest BCUT2D eigenvalue weighted by atomic mass is 9.87. The van der Waals surface area contributed by atoms with Crippen LogP contribution in [0.3, 0.4) is 0 Å². The molecule has 0 aromatic carbocycles. The number of nitrogens with one attached hydrogen (secondary N) is 2. The summed E-state index contributed by atoms with van der Waals surface area (Å²) in [6.45, 7) is 2.27. The van der Waals surface area contributed by atoms with E-state index < -0.39 is 0 Å². The number of aromatic nitrogens is 1. The summed E-state index contributed by atoms with van der Waals surface area (Å²) in [5, 5.41) is 6.36. The SMILES string of the molecule is CC1CCc2nc3sc4c(c3cc2C1)NC(=O)CNC4=O. The van der Waals surface area contributed by atoms with Gasteiger partial charge in [0.05, 0.1) is 12.2 Å². The van der Waals surface area contributed by atoms with Gasteiger partial charge in [-0.3, -0.25) is 9.59 Å². The van der Waals surface area contributed by atoms with Gasteiger partial charge in [-0.05, 0) is 36.8 Å². The molecule has 21 heavy (non-hydrogen) atoms. The zero-order valence-corrected chi connectivity index (χ0v) is 12.5. The van der Waals surface area contributed by atoms with Crippen LogP contribution < -0.4 is 10.6 Å². The number of pyridine rings is 1. The van der Waals surface area contributed by atoms with Crippen molar-refractivity contribution in [2.24, 2.45) is 5.92 Å². The van der Waals surface area contributed by atoms with Crippen molar-refractivity contribution in [2.45, 2.75) is 26.2 Å². The molecule has 0 bridgehead atoms. The molecule has 2 aromatic rings. The summed E-state index contributed by atoms with van der Waals surface area (Å²) in [6, 6.07) is 2.11. The first kappa shape index (κ1) is 12.8. The highest BCUT2D eigenvalue weighted by molar-refractivity contribution is 7.21. The number of anilines is 1. The summed E-state index contributed by atoms with van der Waals surface area (Å²) in [4.78, 5) is 29.9. The van der Waals surface area contributed by atoms with Crippen LogP contribution >= 0.6 is 11.3 Å². The van der Waals surface area contributed by atoms with Crippen molar-refractivity contribution in [3.8, 4) is 0 Å².